The molecular weight excluding hydrogens is 436 g/mol. The van der Waals surface area contributed by atoms with Crippen molar-refractivity contribution in [2.45, 2.75) is 46.3 Å². The van der Waals surface area contributed by atoms with Gasteiger partial charge in [0.1, 0.15) is 17.2 Å². The topological polar surface area (TPSA) is 37.8 Å². The Morgan fingerprint density at radius 1 is 1.18 bits per heavy atom. The average molecular weight is 472 g/mol. The van der Waals surface area contributed by atoms with Gasteiger partial charge in [0.05, 0.1) is 13.3 Å². The van der Waals surface area contributed by atoms with Crippen LogP contribution in [0.15, 0.2) is 67.2 Å². The van der Waals surface area contributed by atoms with Crippen molar-refractivity contribution in [3.8, 4) is 24.3 Å². The second-order valence-corrected chi connectivity index (χ2v) is 6.93. The third-order valence-electron chi connectivity index (χ3n) is 5.28. The number of nitrogens with zero attached hydrogens (tertiary/aromatic N) is 3. The molecule has 0 N–H and O–H groups in total. The number of pyridine rings is 1. The zero-order valence-electron chi connectivity index (χ0n) is 20.5. The van der Waals surface area contributed by atoms with Gasteiger partial charge < -0.3 is 19.3 Å². The number of methoxy groups -OCH3 is 1. The molecule has 1 aliphatic heterocycles. The van der Waals surface area contributed by atoms with Crippen LogP contribution in [0.3, 0.4) is 0 Å². The fourth-order valence-electron chi connectivity index (χ4n) is 3.87. The molecule has 1 fully saturated rings. The predicted octanol–water partition coefficient (Wildman–Crippen LogP) is 6.66. The highest BCUT2D eigenvalue weighted by Gasteiger charge is 2.28. The molecule has 0 atom stereocenters. The number of anilines is 2. The Morgan fingerprint density at radius 3 is 2.29 bits per heavy atom. The van der Waals surface area contributed by atoms with Crippen LogP contribution in [0, 0.1) is 12.8 Å². The van der Waals surface area contributed by atoms with E-state index >= 15 is 0 Å². The van der Waals surface area contributed by atoms with Gasteiger partial charge in [-0.25, -0.2) is 0 Å². The first-order chi connectivity index (χ1) is 16.6. The summed E-state index contributed by atoms with van der Waals surface area (Å²) in [6, 6.07) is 8.71. The van der Waals surface area contributed by atoms with Crippen LogP contribution in [-0.2, 0) is 0 Å². The Hall–Kier alpha value is -3.53. The Morgan fingerprint density at radius 2 is 1.79 bits per heavy atom. The van der Waals surface area contributed by atoms with Gasteiger partial charge in [-0.05, 0) is 50.1 Å². The van der Waals surface area contributed by atoms with Crippen LogP contribution in [0.25, 0.3) is 0 Å². The van der Waals surface area contributed by atoms with Crippen molar-refractivity contribution in [1.29, 1.82) is 0 Å². The second kappa shape index (κ2) is 15.3. The number of halogens is 2. The second-order valence-electron chi connectivity index (χ2n) is 6.93. The first-order valence-corrected chi connectivity index (χ1v) is 11.3. The number of benzene rings is 1. The van der Waals surface area contributed by atoms with Crippen LogP contribution in [0.4, 0.5) is 20.2 Å². The van der Waals surface area contributed by atoms with E-state index in [1.54, 1.807) is 43.8 Å². The molecule has 0 radical (unpaired) electrons. The SMILES string of the molecule is C#C.C=C/C(=C\C)N1CCC(N(c2ccc(OC(F)F)cc2)c2cnccc2OC)CC1.CC. The lowest BCUT2D eigenvalue weighted by atomic mass is 10.0. The minimum atomic E-state index is -2.85. The van der Waals surface area contributed by atoms with Gasteiger partial charge in [0, 0.05) is 42.8 Å². The summed E-state index contributed by atoms with van der Waals surface area (Å²) < 4.78 is 35.1. The summed E-state index contributed by atoms with van der Waals surface area (Å²) in [5.41, 5.74) is 2.85. The number of rotatable bonds is 8. The van der Waals surface area contributed by atoms with Crippen LogP contribution < -0.4 is 14.4 Å². The summed E-state index contributed by atoms with van der Waals surface area (Å²) in [6.07, 6.45) is 17.2. The number of ether oxygens (including phenoxy) is 2. The van der Waals surface area contributed by atoms with Crippen LogP contribution in [0.2, 0.25) is 0 Å². The number of piperidine rings is 1. The Labute approximate surface area is 202 Å². The molecule has 7 heteroatoms. The molecule has 2 heterocycles. The van der Waals surface area contributed by atoms with Crippen molar-refractivity contribution >= 4 is 11.4 Å². The molecule has 1 aromatic carbocycles. The summed E-state index contributed by atoms with van der Waals surface area (Å²) in [6.45, 7) is 8.85. The molecule has 2 aromatic rings. The van der Waals surface area contributed by atoms with E-state index in [0.29, 0.717) is 5.75 Å². The maximum Gasteiger partial charge on any atom is 0.387 e. The van der Waals surface area contributed by atoms with Gasteiger partial charge in [-0.3, -0.25) is 4.98 Å². The maximum atomic E-state index is 12.5. The number of alkyl halides is 2. The normalized spacial score (nSPS) is 13.7. The molecule has 0 unspecified atom stereocenters. The molecule has 34 heavy (non-hydrogen) atoms. The Bertz CT molecular complexity index is 906. The minimum absolute atomic E-state index is 0.130. The van der Waals surface area contributed by atoms with Crippen LogP contribution in [0.5, 0.6) is 11.5 Å². The van der Waals surface area contributed by atoms with Crippen molar-refractivity contribution in [2.24, 2.45) is 0 Å². The molecule has 5 nitrogen and oxygen atoms in total. The molecule has 1 aromatic heterocycles. The van der Waals surface area contributed by atoms with Gasteiger partial charge in [-0.2, -0.15) is 8.78 Å². The van der Waals surface area contributed by atoms with Crippen LogP contribution in [0.1, 0.15) is 33.6 Å². The zero-order valence-corrected chi connectivity index (χ0v) is 20.5. The summed E-state index contributed by atoms with van der Waals surface area (Å²) in [5, 5.41) is 0. The molecule has 0 saturated carbocycles. The summed E-state index contributed by atoms with van der Waals surface area (Å²) >= 11 is 0. The third kappa shape index (κ3) is 7.51. The minimum Gasteiger partial charge on any atom is -0.494 e. The van der Waals surface area contributed by atoms with Crippen molar-refractivity contribution in [3.63, 3.8) is 0 Å². The fourth-order valence-corrected chi connectivity index (χ4v) is 3.87. The molecule has 0 spiro atoms. The van der Waals surface area contributed by atoms with E-state index in [1.807, 2.05) is 32.9 Å². The molecule has 0 aliphatic carbocycles. The van der Waals surface area contributed by atoms with E-state index in [9.17, 15) is 8.78 Å². The number of hydrogen-bond acceptors (Lipinski definition) is 5. The van der Waals surface area contributed by atoms with E-state index < -0.39 is 6.61 Å². The van der Waals surface area contributed by atoms with E-state index in [4.69, 9.17) is 4.74 Å². The highest BCUT2D eigenvalue weighted by atomic mass is 19.3. The van der Waals surface area contributed by atoms with E-state index in [-0.39, 0.29) is 11.8 Å². The summed E-state index contributed by atoms with van der Waals surface area (Å²) in [5.74, 6) is 0.839. The van der Waals surface area contributed by atoms with E-state index in [1.165, 1.54) is 0 Å². The fraction of sp³-hybridized carbons (Fsp3) is 0.370. The monoisotopic (exact) mass is 471 g/mol. The largest absolute Gasteiger partial charge is 0.494 e. The first kappa shape index (κ1) is 28.5. The lowest BCUT2D eigenvalue weighted by molar-refractivity contribution is -0.0498. The van der Waals surface area contributed by atoms with Gasteiger partial charge in [-0.15, -0.1) is 12.8 Å². The van der Waals surface area contributed by atoms with Crippen molar-refractivity contribution in [3.05, 3.63) is 67.2 Å². The maximum absolute atomic E-state index is 12.5. The van der Waals surface area contributed by atoms with Crippen molar-refractivity contribution in [2.75, 3.05) is 25.1 Å². The molecule has 184 valence electrons. The molecule has 3 rings (SSSR count). The Balaban J connectivity index is 0.00000137. The van der Waals surface area contributed by atoms with E-state index in [2.05, 4.69) is 45.0 Å². The number of terminal acetylenes is 1. The van der Waals surface area contributed by atoms with Gasteiger partial charge in [-0.1, -0.05) is 26.5 Å². The number of allylic oxidation sites excluding steroid dienone is 2. The quantitative estimate of drug-likeness (QED) is 0.318. The van der Waals surface area contributed by atoms with Gasteiger partial charge in [0.15, 0.2) is 0 Å². The summed E-state index contributed by atoms with van der Waals surface area (Å²) in [7, 11) is 1.63. The van der Waals surface area contributed by atoms with Gasteiger partial charge in [0.25, 0.3) is 0 Å². The highest BCUT2D eigenvalue weighted by Crippen LogP contribution is 2.38. The number of hydrogen-bond donors (Lipinski definition) is 0. The molecule has 0 bridgehead atoms. The van der Waals surface area contributed by atoms with Gasteiger partial charge >= 0.3 is 6.61 Å². The van der Waals surface area contributed by atoms with Crippen LogP contribution in [-0.4, -0.2) is 42.7 Å². The van der Waals surface area contributed by atoms with E-state index in [0.717, 1.165) is 43.0 Å². The zero-order chi connectivity index (χ0) is 25.5. The molecular formula is C27H35F2N3O2. The number of likely N-dealkylation sites (tertiary alicyclic amines) is 1. The third-order valence-corrected chi connectivity index (χ3v) is 5.28. The number of aromatic nitrogens is 1. The molecule has 0 amide bonds. The Kier molecular flexibility index (Phi) is 12.9. The first-order valence-electron chi connectivity index (χ1n) is 11.3. The smallest absolute Gasteiger partial charge is 0.387 e. The lowest BCUT2D eigenvalue weighted by Gasteiger charge is -2.41. The van der Waals surface area contributed by atoms with Crippen molar-refractivity contribution < 1.29 is 18.3 Å². The van der Waals surface area contributed by atoms with Crippen molar-refractivity contribution in [1.82, 2.24) is 9.88 Å². The highest BCUT2D eigenvalue weighted by molar-refractivity contribution is 5.69. The summed E-state index contributed by atoms with van der Waals surface area (Å²) in [4.78, 5) is 8.78. The average Bonchev–Trinajstić information content (AvgIpc) is 2.89. The lowest BCUT2D eigenvalue weighted by Crippen LogP contribution is -2.42. The standard InChI is InChI=1S/C23H27F2N3O2.C2H6.C2H2/c1-4-17(5-2)27-14-11-19(12-15-27)28(21-16-26-13-10-22(21)29-3)18-6-8-20(9-7-18)30-23(24)25;2*1-2/h4-10,13,16,19,23H,1,11-12,14-15H2,2-3H3;1-2H3;1-2H/b17-5+;;. The molecule has 1 aliphatic rings. The predicted molar refractivity (Wildman–Crippen MR) is 136 cm³/mol. The van der Waals surface area contributed by atoms with Gasteiger partial charge in [0.2, 0.25) is 0 Å². The molecule has 1 saturated heterocycles. The van der Waals surface area contributed by atoms with Crippen LogP contribution >= 0.6 is 0 Å².